The number of hydrogen-bond donors (Lipinski definition) is 1. The number of likely N-dealkylation sites (tertiary alicyclic amines) is 1. The standard InChI is InChI=1S/C21H22N4O3/c1-14-18(25-11-3-9-22-21(25)23-14)19(26)24-10-2-4-16(13-24)12-15-5-7-17(8-6-15)20(27)28/h3,5-9,11,16H,2,4,10,12-13H2,1H3,(H,27,28). The van der Waals surface area contributed by atoms with Gasteiger partial charge in [-0.3, -0.25) is 9.20 Å². The molecule has 0 bridgehead atoms. The first-order valence-electron chi connectivity index (χ1n) is 9.44. The summed E-state index contributed by atoms with van der Waals surface area (Å²) in [5, 5.41) is 9.03. The van der Waals surface area contributed by atoms with E-state index in [9.17, 15) is 9.59 Å². The largest absolute Gasteiger partial charge is 0.478 e. The zero-order chi connectivity index (χ0) is 19.7. The van der Waals surface area contributed by atoms with Crippen LogP contribution < -0.4 is 0 Å². The van der Waals surface area contributed by atoms with Gasteiger partial charge in [0.15, 0.2) is 0 Å². The molecule has 1 aliphatic heterocycles. The van der Waals surface area contributed by atoms with Crippen molar-refractivity contribution < 1.29 is 14.7 Å². The van der Waals surface area contributed by atoms with Gasteiger partial charge >= 0.3 is 5.97 Å². The minimum atomic E-state index is -0.918. The predicted molar refractivity (Wildman–Crippen MR) is 103 cm³/mol. The van der Waals surface area contributed by atoms with Crippen LogP contribution in [0.2, 0.25) is 0 Å². The Morgan fingerprint density at radius 2 is 2.04 bits per heavy atom. The van der Waals surface area contributed by atoms with Crippen molar-refractivity contribution >= 4 is 17.7 Å². The van der Waals surface area contributed by atoms with E-state index in [1.807, 2.05) is 30.2 Å². The Balaban J connectivity index is 1.49. The lowest BCUT2D eigenvalue weighted by atomic mass is 9.91. The summed E-state index contributed by atoms with van der Waals surface area (Å²) in [6.07, 6.45) is 6.33. The maximum absolute atomic E-state index is 13.2. The maximum Gasteiger partial charge on any atom is 0.335 e. The molecule has 0 saturated carbocycles. The van der Waals surface area contributed by atoms with Crippen molar-refractivity contribution in [1.29, 1.82) is 0 Å². The number of aryl methyl sites for hydroxylation is 1. The smallest absolute Gasteiger partial charge is 0.335 e. The summed E-state index contributed by atoms with van der Waals surface area (Å²) in [6, 6.07) is 8.80. The van der Waals surface area contributed by atoms with Crippen LogP contribution in [0.25, 0.3) is 5.78 Å². The van der Waals surface area contributed by atoms with Crippen molar-refractivity contribution in [1.82, 2.24) is 19.3 Å². The fraction of sp³-hybridized carbons (Fsp3) is 0.333. The van der Waals surface area contributed by atoms with Gasteiger partial charge < -0.3 is 10.0 Å². The molecule has 3 aromatic rings. The van der Waals surface area contributed by atoms with E-state index in [4.69, 9.17) is 5.11 Å². The van der Waals surface area contributed by atoms with Crippen molar-refractivity contribution in [3.63, 3.8) is 0 Å². The van der Waals surface area contributed by atoms with E-state index in [0.717, 1.165) is 31.4 Å². The summed E-state index contributed by atoms with van der Waals surface area (Å²) in [6.45, 7) is 3.26. The number of carboxylic acid groups (broad SMARTS) is 1. The zero-order valence-electron chi connectivity index (χ0n) is 15.7. The van der Waals surface area contributed by atoms with E-state index >= 15 is 0 Å². The van der Waals surface area contributed by atoms with Crippen LogP contribution in [-0.2, 0) is 6.42 Å². The fourth-order valence-electron chi connectivity index (χ4n) is 3.94. The van der Waals surface area contributed by atoms with Gasteiger partial charge in [-0.15, -0.1) is 0 Å². The van der Waals surface area contributed by atoms with Gasteiger partial charge in [-0.25, -0.2) is 14.8 Å². The van der Waals surface area contributed by atoms with Crippen LogP contribution >= 0.6 is 0 Å². The molecule has 1 aliphatic rings. The second kappa shape index (κ2) is 7.42. The monoisotopic (exact) mass is 378 g/mol. The maximum atomic E-state index is 13.2. The number of carbonyl (C=O) groups excluding carboxylic acids is 1. The number of amides is 1. The summed E-state index contributed by atoms with van der Waals surface area (Å²) < 4.78 is 1.76. The van der Waals surface area contributed by atoms with Crippen molar-refractivity contribution in [2.75, 3.05) is 13.1 Å². The van der Waals surface area contributed by atoms with Crippen LogP contribution in [0.3, 0.4) is 0 Å². The molecular formula is C21H22N4O3. The second-order valence-electron chi connectivity index (χ2n) is 7.30. The van der Waals surface area contributed by atoms with Crippen LogP contribution in [0.1, 0.15) is 44.9 Å². The first-order chi connectivity index (χ1) is 13.5. The number of aromatic carboxylic acids is 1. The van der Waals surface area contributed by atoms with E-state index < -0.39 is 5.97 Å². The summed E-state index contributed by atoms with van der Waals surface area (Å²) in [5.41, 5.74) is 2.66. The van der Waals surface area contributed by atoms with Gasteiger partial charge in [-0.1, -0.05) is 12.1 Å². The molecule has 7 heteroatoms. The lowest BCUT2D eigenvalue weighted by Crippen LogP contribution is -2.41. The molecular weight excluding hydrogens is 356 g/mol. The molecule has 2 aromatic heterocycles. The number of benzene rings is 1. The van der Waals surface area contributed by atoms with Gasteiger partial charge in [0.2, 0.25) is 5.78 Å². The summed E-state index contributed by atoms with van der Waals surface area (Å²) >= 11 is 0. The molecule has 0 spiro atoms. The minimum absolute atomic E-state index is 0.0103. The van der Waals surface area contributed by atoms with Gasteiger partial charge in [-0.2, -0.15) is 0 Å². The van der Waals surface area contributed by atoms with Crippen molar-refractivity contribution in [3.05, 3.63) is 65.2 Å². The summed E-state index contributed by atoms with van der Waals surface area (Å²) in [4.78, 5) is 34.7. The first-order valence-corrected chi connectivity index (χ1v) is 9.44. The van der Waals surface area contributed by atoms with Crippen molar-refractivity contribution in [2.45, 2.75) is 26.2 Å². The number of aromatic nitrogens is 3. The average molecular weight is 378 g/mol. The first kappa shape index (κ1) is 18.2. The summed E-state index contributed by atoms with van der Waals surface area (Å²) in [7, 11) is 0. The number of nitrogens with zero attached hydrogens (tertiary/aromatic N) is 4. The van der Waals surface area contributed by atoms with E-state index in [0.29, 0.717) is 35.2 Å². The van der Waals surface area contributed by atoms with Crippen molar-refractivity contribution in [2.24, 2.45) is 5.92 Å². The van der Waals surface area contributed by atoms with E-state index in [1.54, 1.807) is 28.8 Å². The van der Waals surface area contributed by atoms with Gasteiger partial charge in [0, 0.05) is 25.5 Å². The number of imidazole rings is 1. The number of carbonyl (C=O) groups is 2. The molecule has 144 valence electrons. The normalized spacial score (nSPS) is 17.0. The number of hydrogen-bond acceptors (Lipinski definition) is 4. The van der Waals surface area contributed by atoms with Gasteiger partial charge in [0.05, 0.1) is 11.3 Å². The Bertz CT molecular complexity index is 1030. The molecule has 4 rings (SSSR count). The van der Waals surface area contributed by atoms with Crippen molar-refractivity contribution in [3.8, 4) is 0 Å². The minimum Gasteiger partial charge on any atom is -0.478 e. The number of rotatable bonds is 4. The molecule has 1 saturated heterocycles. The van der Waals surface area contributed by atoms with Gasteiger partial charge in [0.25, 0.3) is 5.91 Å². The molecule has 1 amide bonds. The molecule has 0 aliphatic carbocycles. The quantitative estimate of drug-likeness (QED) is 0.754. The molecule has 1 atom stereocenters. The fourth-order valence-corrected chi connectivity index (χ4v) is 3.94. The Morgan fingerprint density at radius 1 is 1.25 bits per heavy atom. The Morgan fingerprint density at radius 3 is 2.79 bits per heavy atom. The number of piperidine rings is 1. The van der Waals surface area contributed by atoms with E-state index in [2.05, 4.69) is 9.97 Å². The van der Waals surface area contributed by atoms with Crippen LogP contribution in [-0.4, -0.2) is 49.3 Å². The number of carboxylic acids is 1. The molecule has 1 N–H and O–H groups in total. The highest BCUT2D eigenvalue weighted by molar-refractivity contribution is 5.94. The molecule has 7 nitrogen and oxygen atoms in total. The Hall–Kier alpha value is -3.22. The van der Waals surface area contributed by atoms with Crippen LogP contribution in [0.4, 0.5) is 0 Å². The highest BCUT2D eigenvalue weighted by atomic mass is 16.4. The molecule has 1 fully saturated rings. The topological polar surface area (TPSA) is 87.8 Å². The predicted octanol–water partition coefficient (Wildman–Crippen LogP) is 2.83. The third-order valence-electron chi connectivity index (χ3n) is 5.31. The van der Waals surface area contributed by atoms with E-state index in [-0.39, 0.29) is 5.91 Å². The third-order valence-corrected chi connectivity index (χ3v) is 5.31. The molecule has 1 unspecified atom stereocenters. The summed E-state index contributed by atoms with van der Waals surface area (Å²) in [5.74, 6) is -0.0377. The lowest BCUT2D eigenvalue weighted by Gasteiger charge is -2.33. The van der Waals surface area contributed by atoms with Crippen LogP contribution in [0, 0.1) is 12.8 Å². The van der Waals surface area contributed by atoms with Crippen LogP contribution in [0.5, 0.6) is 0 Å². The third kappa shape index (κ3) is 3.47. The van der Waals surface area contributed by atoms with Gasteiger partial charge in [-0.05, 0) is 55.9 Å². The van der Waals surface area contributed by atoms with E-state index in [1.165, 1.54) is 0 Å². The molecule has 3 heterocycles. The number of fused-ring (bicyclic) bond motifs is 1. The van der Waals surface area contributed by atoms with Crippen LogP contribution in [0.15, 0.2) is 42.7 Å². The highest BCUT2D eigenvalue weighted by Crippen LogP contribution is 2.23. The lowest BCUT2D eigenvalue weighted by molar-refractivity contribution is 0.0662. The molecule has 0 radical (unpaired) electrons. The zero-order valence-corrected chi connectivity index (χ0v) is 15.7. The highest BCUT2D eigenvalue weighted by Gasteiger charge is 2.28. The SMILES string of the molecule is Cc1nc2ncccn2c1C(=O)N1CCCC(Cc2ccc(C(=O)O)cc2)C1. The van der Waals surface area contributed by atoms with Gasteiger partial charge in [0.1, 0.15) is 5.69 Å². The molecule has 1 aromatic carbocycles. The average Bonchev–Trinajstić information content (AvgIpc) is 3.03. The Kier molecular flexibility index (Phi) is 4.81. The molecule has 28 heavy (non-hydrogen) atoms. The second-order valence-corrected chi connectivity index (χ2v) is 7.30. The Labute approximate surface area is 162 Å².